The second kappa shape index (κ2) is 12.4. The van der Waals surface area contributed by atoms with E-state index in [0.29, 0.717) is 52.3 Å². The quantitative estimate of drug-likeness (QED) is 0.108. The van der Waals surface area contributed by atoms with Gasteiger partial charge in [0.1, 0.15) is 5.75 Å². The minimum atomic E-state index is -0.782. The van der Waals surface area contributed by atoms with Gasteiger partial charge in [-0.1, -0.05) is 73.7 Å². The Labute approximate surface area is 199 Å². The van der Waals surface area contributed by atoms with Gasteiger partial charge in [-0.25, -0.2) is 9.59 Å². The first kappa shape index (κ1) is 24.8. The van der Waals surface area contributed by atoms with E-state index in [1.54, 1.807) is 0 Å². The zero-order chi connectivity index (χ0) is 24.3. The fraction of sp³-hybridized carbons (Fsp3) is 0.286. The summed E-state index contributed by atoms with van der Waals surface area (Å²) in [6.07, 6.45) is 7.96. The van der Waals surface area contributed by atoms with E-state index in [4.69, 9.17) is 18.9 Å². The van der Waals surface area contributed by atoms with Gasteiger partial charge in [0.25, 0.3) is 0 Å². The Balaban J connectivity index is 2.06. The average molecular weight is 463 g/mol. The highest BCUT2D eigenvalue weighted by atomic mass is 16.7. The minimum absolute atomic E-state index is 0.222. The number of carbonyl (C=O) groups excluding carboxylic acids is 2. The lowest BCUT2D eigenvalue weighted by molar-refractivity contribution is 0.0999. The minimum Gasteiger partial charge on any atom is -0.434 e. The highest BCUT2D eigenvalue weighted by Gasteiger charge is 2.22. The lowest BCUT2D eigenvalue weighted by Gasteiger charge is -2.18. The molecule has 6 heteroatoms. The van der Waals surface area contributed by atoms with Crippen molar-refractivity contribution in [3.63, 3.8) is 0 Å². The summed E-state index contributed by atoms with van der Waals surface area (Å²) in [7, 11) is 0. The second-order valence-corrected chi connectivity index (χ2v) is 7.51. The molecule has 0 atom stereocenters. The van der Waals surface area contributed by atoms with Crippen LogP contribution in [-0.2, 0) is 15.9 Å². The van der Waals surface area contributed by atoms with Crippen LogP contribution in [0.2, 0.25) is 0 Å². The summed E-state index contributed by atoms with van der Waals surface area (Å²) in [5, 5.41) is 2.62. The van der Waals surface area contributed by atoms with E-state index < -0.39 is 12.3 Å². The van der Waals surface area contributed by atoms with Crippen LogP contribution in [0.25, 0.3) is 21.5 Å². The zero-order valence-electron chi connectivity index (χ0n) is 19.8. The summed E-state index contributed by atoms with van der Waals surface area (Å²) in [5.74, 6) is 0.749. The molecule has 0 aliphatic rings. The molecule has 0 aliphatic carbocycles. The smallest absolute Gasteiger partial charge is 0.434 e. The monoisotopic (exact) mass is 462 g/mol. The van der Waals surface area contributed by atoms with Crippen LogP contribution in [-0.4, -0.2) is 25.5 Å². The summed E-state index contributed by atoms with van der Waals surface area (Å²) in [5.41, 5.74) is 0.950. The lowest BCUT2D eigenvalue weighted by atomic mass is 9.96. The number of hydrogen-bond acceptors (Lipinski definition) is 6. The van der Waals surface area contributed by atoms with Crippen LogP contribution < -0.4 is 9.47 Å². The molecule has 6 nitrogen and oxygen atoms in total. The van der Waals surface area contributed by atoms with Crippen molar-refractivity contribution in [2.45, 2.75) is 40.0 Å². The van der Waals surface area contributed by atoms with Crippen LogP contribution in [0.15, 0.2) is 66.8 Å². The van der Waals surface area contributed by atoms with Crippen LogP contribution in [0.1, 0.15) is 39.2 Å². The number of ether oxygens (including phenoxy) is 4. The number of aryl methyl sites for hydroxylation is 1. The van der Waals surface area contributed by atoms with E-state index in [1.807, 2.05) is 87.5 Å². The normalized spacial score (nSPS) is 11.4. The highest BCUT2D eigenvalue weighted by molar-refractivity contribution is 6.13. The Hall–Kier alpha value is -3.80. The topological polar surface area (TPSA) is 71.1 Å². The van der Waals surface area contributed by atoms with Crippen LogP contribution in [0, 0.1) is 0 Å². The van der Waals surface area contributed by atoms with E-state index >= 15 is 0 Å². The molecule has 3 rings (SSSR count). The Morgan fingerprint density at radius 1 is 0.735 bits per heavy atom. The molecular formula is C28H30O6. The van der Waals surface area contributed by atoms with Gasteiger partial charge in [-0.15, -0.1) is 0 Å². The van der Waals surface area contributed by atoms with Gasteiger partial charge in [-0.05, 0) is 38.7 Å². The van der Waals surface area contributed by atoms with Crippen molar-refractivity contribution in [2.24, 2.45) is 0 Å². The molecular weight excluding hydrogens is 432 g/mol. The molecule has 0 bridgehead atoms. The van der Waals surface area contributed by atoms with E-state index in [-0.39, 0.29) is 13.2 Å². The van der Waals surface area contributed by atoms with Crippen molar-refractivity contribution < 1.29 is 28.5 Å². The molecule has 3 aromatic carbocycles. The molecule has 0 heterocycles. The van der Waals surface area contributed by atoms with Crippen LogP contribution in [0.3, 0.4) is 0 Å². The van der Waals surface area contributed by atoms with Gasteiger partial charge in [-0.2, -0.15) is 0 Å². The van der Waals surface area contributed by atoms with E-state index in [1.165, 1.54) is 0 Å². The molecule has 0 saturated carbocycles. The number of benzene rings is 3. The first-order valence-corrected chi connectivity index (χ1v) is 11.5. The SMILES string of the molecule is C/C=C/CCOC(=O)Oc1c2ccccc2c(OC(=O)OCC/C=C/C)c2c(CC)cccc12. The molecule has 0 aromatic heterocycles. The summed E-state index contributed by atoms with van der Waals surface area (Å²) < 4.78 is 22.0. The van der Waals surface area contributed by atoms with Gasteiger partial charge in [0.15, 0.2) is 5.75 Å². The van der Waals surface area contributed by atoms with Gasteiger partial charge in [0.2, 0.25) is 0 Å². The van der Waals surface area contributed by atoms with E-state index in [2.05, 4.69) is 0 Å². The predicted octanol–water partition coefficient (Wildman–Crippen LogP) is 7.52. The summed E-state index contributed by atoms with van der Waals surface area (Å²) in [6.45, 7) is 6.27. The fourth-order valence-electron chi connectivity index (χ4n) is 3.71. The molecule has 0 aliphatic heterocycles. The molecule has 0 unspecified atom stereocenters. The van der Waals surface area contributed by atoms with Crippen molar-refractivity contribution in [1.29, 1.82) is 0 Å². The molecule has 0 amide bonds. The first-order valence-electron chi connectivity index (χ1n) is 11.5. The van der Waals surface area contributed by atoms with Crippen molar-refractivity contribution in [2.75, 3.05) is 13.2 Å². The predicted molar refractivity (Wildman–Crippen MR) is 134 cm³/mol. The molecule has 0 fully saturated rings. The molecule has 0 radical (unpaired) electrons. The zero-order valence-corrected chi connectivity index (χ0v) is 19.8. The largest absolute Gasteiger partial charge is 0.513 e. The fourth-order valence-corrected chi connectivity index (χ4v) is 3.71. The maximum absolute atomic E-state index is 12.5. The summed E-state index contributed by atoms with van der Waals surface area (Å²) in [6, 6.07) is 13.0. The first-order chi connectivity index (χ1) is 16.6. The van der Waals surface area contributed by atoms with Gasteiger partial charge in [-0.3, -0.25) is 0 Å². The third kappa shape index (κ3) is 5.95. The third-order valence-electron chi connectivity index (χ3n) is 5.27. The number of carbonyl (C=O) groups is 2. The number of fused-ring (bicyclic) bond motifs is 2. The Kier molecular flexibility index (Phi) is 9.09. The number of rotatable bonds is 9. The van der Waals surface area contributed by atoms with E-state index in [9.17, 15) is 9.59 Å². The Morgan fingerprint density at radius 3 is 1.82 bits per heavy atom. The Bertz CT molecular complexity index is 1210. The number of allylic oxidation sites excluding steroid dienone is 2. The summed E-state index contributed by atoms with van der Waals surface area (Å²) >= 11 is 0. The second-order valence-electron chi connectivity index (χ2n) is 7.51. The van der Waals surface area contributed by atoms with Crippen molar-refractivity contribution in [3.8, 4) is 11.5 Å². The maximum Gasteiger partial charge on any atom is 0.513 e. The maximum atomic E-state index is 12.5. The van der Waals surface area contributed by atoms with Crippen molar-refractivity contribution in [1.82, 2.24) is 0 Å². The number of hydrogen-bond donors (Lipinski definition) is 0. The van der Waals surface area contributed by atoms with E-state index in [0.717, 1.165) is 5.56 Å². The van der Waals surface area contributed by atoms with Crippen LogP contribution in [0.4, 0.5) is 9.59 Å². The lowest BCUT2D eigenvalue weighted by Crippen LogP contribution is -2.14. The summed E-state index contributed by atoms with van der Waals surface area (Å²) in [4.78, 5) is 25.0. The van der Waals surface area contributed by atoms with Gasteiger partial charge in [0.05, 0.1) is 13.2 Å². The van der Waals surface area contributed by atoms with Gasteiger partial charge >= 0.3 is 12.3 Å². The Morgan fingerprint density at radius 2 is 1.26 bits per heavy atom. The third-order valence-corrected chi connectivity index (χ3v) is 5.27. The van der Waals surface area contributed by atoms with Crippen molar-refractivity contribution >= 4 is 33.9 Å². The molecule has 0 saturated heterocycles. The molecule has 3 aromatic rings. The molecule has 0 N–H and O–H groups in total. The molecule has 178 valence electrons. The molecule has 34 heavy (non-hydrogen) atoms. The van der Waals surface area contributed by atoms with Crippen molar-refractivity contribution in [3.05, 3.63) is 72.3 Å². The van der Waals surface area contributed by atoms with Gasteiger partial charge < -0.3 is 18.9 Å². The highest BCUT2D eigenvalue weighted by Crippen LogP contribution is 2.44. The standard InChI is InChI=1S/C28H30O6/c1-4-7-11-18-31-27(29)33-25-21-15-9-10-16-22(21)26(34-28(30)32-19-12-8-5-2)24-20(6-3)14-13-17-23(24)25/h4-5,7-10,13-17H,6,11-12,18-19H2,1-3H3/b7-4+,8-5+. The van der Waals surface area contributed by atoms with Crippen LogP contribution >= 0.6 is 0 Å². The van der Waals surface area contributed by atoms with Crippen LogP contribution in [0.5, 0.6) is 11.5 Å². The van der Waals surface area contributed by atoms with Gasteiger partial charge in [0, 0.05) is 21.5 Å². The molecule has 0 spiro atoms. The average Bonchev–Trinajstić information content (AvgIpc) is 2.86.